The Balaban J connectivity index is 0.000000210. The van der Waals surface area contributed by atoms with Crippen LogP contribution in [-0.2, 0) is 32.2 Å². The largest absolute Gasteiger partial charge is 0.469 e. The molecule has 0 aromatic heterocycles. The second kappa shape index (κ2) is 19.2. The van der Waals surface area contributed by atoms with Gasteiger partial charge in [-0.25, -0.2) is 0 Å². The van der Waals surface area contributed by atoms with Crippen molar-refractivity contribution in [2.45, 2.75) is 71.4 Å². The summed E-state index contributed by atoms with van der Waals surface area (Å²) in [5.74, 6) is 2.51. The number of hydrogen-bond donors (Lipinski definition) is 0. The SMILES string of the molecule is CC(C)c1cccc(C2CN(Cc3ccccc3)C[C@@H]2C)c1.COC(=O)[C@H]1CN(Cc2ccccc2)CC1c1ccc(C(C)C)cc1.O=C=O. The summed E-state index contributed by atoms with van der Waals surface area (Å²) in [5.41, 5.74) is 8.25. The summed E-state index contributed by atoms with van der Waals surface area (Å²) in [4.78, 5) is 33.5. The van der Waals surface area contributed by atoms with Crippen molar-refractivity contribution < 1.29 is 19.1 Å². The fourth-order valence-corrected chi connectivity index (χ4v) is 7.33. The van der Waals surface area contributed by atoms with Gasteiger partial charge in [-0.3, -0.25) is 14.6 Å². The molecule has 2 aliphatic heterocycles. The Morgan fingerprint density at radius 1 is 0.660 bits per heavy atom. The van der Waals surface area contributed by atoms with Gasteiger partial charge in [-0.2, -0.15) is 9.59 Å². The average Bonchev–Trinajstić information content (AvgIpc) is 3.72. The highest BCUT2D eigenvalue weighted by molar-refractivity contribution is 5.74. The van der Waals surface area contributed by atoms with E-state index in [1.807, 2.05) is 6.07 Å². The maximum atomic E-state index is 12.3. The molecule has 2 unspecified atom stereocenters. The standard InChI is InChI=1S/C22H27NO2.C21H27N.CO2/c1-16(2)18-9-11-19(12-10-18)20-14-23(15-21(20)22(24)25-3)13-17-7-5-4-6-8-17;1-16(2)19-10-7-11-20(12-19)21-15-22(13-17(21)3)14-18-8-5-4-6-9-18;2-1-3/h4-12,16,20-21H,13-15H2,1-3H3;4-12,16-17,21H,13-15H2,1-3H3;/t20?,21-;17-,21?;/m00./s1. The molecule has 4 aromatic carbocycles. The lowest BCUT2D eigenvalue weighted by atomic mass is 9.88. The minimum absolute atomic E-state index is 0.0985. The zero-order valence-corrected chi connectivity index (χ0v) is 30.6. The highest BCUT2D eigenvalue weighted by Gasteiger charge is 2.39. The second-order valence-electron chi connectivity index (χ2n) is 14.4. The number of ether oxygens (including phenoxy) is 1. The van der Waals surface area contributed by atoms with Crippen molar-refractivity contribution in [1.82, 2.24) is 9.80 Å². The lowest BCUT2D eigenvalue weighted by molar-refractivity contribution is -0.191. The van der Waals surface area contributed by atoms with E-state index in [2.05, 4.69) is 148 Å². The Morgan fingerprint density at radius 2 is 1.18 bits per heavy atom. The monoisotopic (exact) mass is 674 g/mol. The van der Waals surface area contributed by atoms with Crippen molar-refractivity contribution in [3.05, 3.63) is 143 Å². The van der Waals surface area contributed by atoms with Gasteiger partial charge in [0, 0.05) is 51.1 Å². The van der Waals surface area contributed by atoms with Crippen molar-refractivity contribution >= 4 is 12.1 Å². The summed E-state index contributed by atoms with van der Waals surface area (Å²) in [7, 11) is 1.49. The van der Waals surface area contributed by atoms with E-state index in [1.165, 1.54) is 53.6 Å². The van der Waals surface area contributed by atoms with Crippen LogP contribution in [0.15, 0.2) is 109 Å². The molecule has 6 nitrogen and oxygen atoms in total. The van der Waals surface area contributed by atoms with Gasteiger partial charge in [0.25, 0.3) is 0 Å². The maximum Gasteiger partial charge on any atom is 0.373 e. The average molecular weight is 675 g/mol. The first-order valence-electron chi connectivity index (χ1n) is 17.9. The minimum Gasteiger partial charge on any atom is -0.469 e. The molecule has 0 amide bonds. The van der Waals surface area contributed by atoms with Crippen LogP contribution in [-0.4, -0.2) is 55.2 Å². The van der Waals surface area contributed by atoms with E-state index >= 15 is 0 Å². The third-order valence-corrected chi connectivity index (χ3v) is 10.1. The number of esters is 1. The normalized spacial score (nSPS) is 20.4. The molecule has 0 radical (unpaired) electrons. The van der Waals surface area contributed by atoms with Crippen LogP contribution < -0.4 is 0 Å². The number of nitrogens with zero attached hydrogens (tertiary/aromatic N) is 2. The first-order valence-corrected chi connectivity index (χ1v) is 17.9. The van der Waals surface area contributed by atoms with Gasteiger partial charge in [-0.1, -0.05) is 144 Å². The molecule has 2 saturated heterocycles. The Hall–Kier alpha value is -4.35. The summed E-state index contributed by atoms with van der Waals surface area (Å²) < 4.78 is 5.08. The number of carbonyl (C=O) groups is 1. The second-order valence-corrected chi connectivity index (χ2v) is 14.4. The number of hydrogen-bond acceptors (Lipinski definition) is 6. The molecule has 50 heavy (non-hydrogen) atoms. The molecule has 0 saturated carbocycles. The van der Waals surface area contributed by atoms with E-state index in [-0.39, 0.29) is 24.0 Å². The van der Waals surface area contributed by atoms with E-state index in [1.54, 1.807) is 0 Å². The van der Waals surface area contributed by atoms with Crippen molar-refractivity contribution in [3.8, 4) is 0 Å². The molecule has 4 atom stereocenters. The van der Waals surface area contributed by atoms with E-state index in [0.29, 0.717) is 17.8 Å². The summed E-state index contributed by atoms with van der Waals surface area (Å²) in [6.07, 6.45) is 0.250. The van der Waals surface area contributed by atoms with Crippen molar-refractivity contribution in [1.29, 1.82) is 0 Å². The van der Waals surface area contributed by atoms with Gasteiger partial charge in [0.1, 0.15) is 0 Å². The molecule has 0 aliphatic carbocycles. The van der Waals surface area contributed by atoms with Crippen LogP contribution in [0.2, 0.25) is 0 Å². The Bertz CT molecular complexity index is 1630. The van der Waals surface area contributed by atoms with E-state index in [9.17, 15) is 4.79 Å². The Morgan fingerprint density at radius 3 is 1.70 bits per heavy atom. The Labute approximate surface area is 299 Å². The molecule has 6 rings (SSSR count). The van der Waals surface area contributed by atoms with E-state index < -0.39 is 0 Å². The molecular weight excluding hydrogens is 620 g/mol. The number of rotatable bonds is 9. The van der Waals surface area contributed by atoms with Gasteiger partial charge in [0.15, 0.2) is 0 Å². The fraction of sp³-hybridized carbons (Fsp3) is 0.409. The first kappa shape index (κ1) is 38.5. The zero-order chi connectivity index (χ0) is 36.0. The molecule has 264 valence electrons. The molecule has 0 N–H and O–H groups in total. The topological polar surface area (TPSA) is 66.9 Å². The quantitative estimate of drug-likeness (QED) is 0.166. The predicted molar refractivity (Wildman–Crippen MR) is 200 cm³/mol. The third kappa shape index (κ3) is 10.8. The van der Waals surface area contributed by atoms with Crippen LogP contribution in [0.5, 0.6) is 0 Å². The van der Waals surface area contributed by atoms with E-state index in [0.717, 1.165) is 32.1 Å². The van der Waals surface area contributed by atoms with Gasteiger partial charge in [-0.15, -0.1) is 0 Å². The number of methoxy groups -OCH3 is 1. The van der Waals surface area contributed by atoms with Crippen molar-refractivity contribution in [2.75, 3.05) is 33.3 Å². The fourth-order valence-electron chi connectivity index (χ4n) is 7.33. The van der Waals surface area contributed by atoms with Gasteiger partial charge >= 0.3 is 12.1 Å². The highest BCUT2D eigenvalue weighted by atomic mass is 16.5. The molecule has 4 aromatic rings. The lowest BCUT2D eigenvalue weighted by Crippen LogP contribution is -2.24. The number of likely N-dealkylation sites (tertiary alicyclic amines) is 2. The molecular formula is C44H54N2O4. The van der Waals surface area contributed by atoms with Gasteiger partial charge in [0.2, 0.25) is 0 Å². The van der Waals surface area contributed by atoms with Crippen LogP contribution in [0.1, 0.15) is 91.7 Å². The number of benzene rings is 4. The molecule has 6 heteroatoms. The molecule has 2 aliphatic rings. The third-order valence-electron chi connectivity index (χ3n) is 10.1. The smallest absolute Gasteiger partial charge is 0.373 e. The maximum absolute atomic E-state index is 12.3. The summed E-state index contributed by atoms with van der Waals surface area (Å²) in [6.45, 7) is 17.3. The van der Waals surface area contributed by atoms with Gasteiger partial charge in [0.05, 0.1) is 13.0 Å². The predicted octanol–water partition coefficient (Wildman–Crippen LogP) is 8.66. The van der Waals surface area contributed by atoms with E-state index in [4.69, 9.17) is 14.3 Å². The highest BCUT2D eigenvalue weighted by Crippen LogP contribution is 2.36. The molecule has 2 fully saturated rings. The molecule has 0 spiro atoms. The zero-order valence-electron chi connectivity index (χ0n) is 30.6. The van der Waals surface area contributed by atoms with Crippen LogP contribution >= 0.6 is 0 Å². The van der Waals surface area contributed by atoms with Gasteiger partial charge < -0.3 is 4.74 Å². The first-order chi connectivity index (χ1) is 24.1. The van der Waals surface area contributed by atoms with Crippen LogP contribution in [0.25, 0.3) is 0 Å². The summed E-state index contributed by atoms with van der Waals surface area (Å²) >= 11 is 0. The lowest BCUT2D eigenvalue weighted by Gasteiger charge is -2.18. The van der Waals surface area contributed by atoms with Crippen LogP contribution in [0.4, 0.5) is 0 Å². The minimum atomic E-state index is -0.103. The van der Waals surface area contributed by atoms with Crippen molar-refractivity contribution in [2.24, 2.45) is 11.8 Å². The molecule has 0 bridgehead atoms. The Kier molecular flexibility index (Phi) is 14.7. The summed E-state index contributed by atoms with van der Waals surface area (Å²) in [5, 5.41) is 0. The van der Waals surface area contributed by atoms with Gasteiger partial charge in [-0.05, 0) is 51.1 Å². The molecule has 2 heterocycles. The van der Waals surface area contributed by atoms with Crippen molar-refractivity contribution in [3.63, 3.8) is 0 Å². The van der Waals surface area contributed by atoms with Crippen LogP contribution in [0.3, 0.4) is 0 Å². The van der Waals surface area contributed by atoms with Crippen LogP contribution in [0, 0.1) is 11.8 Å². The number of carbonyl (C=O) groups excluding carboxylic acids is 3. The summed E-state index contributed by atoms with van der Waals surface area (Å²) in [6, 6.07) is 39.2.